The zero-order valence-corrected chi connectivity index (χ0v) is 18.9. The van der Waals surface area contributed by atoms with Gasteiger partial charge in [-0.2, -0.15) is 0 Å². The predicted octanol–water partition coefficient (Wildman–Crippen LogP) is 2.79. The molecule has 1 saturated carbocycles. The Labute approximate surface area is 182 Å². The number of Topliss-reactive ketones (excluding diaryl/α,β-unsaturated/α-hetero) is 1. The van der Waals surface area contributed by atoms with Gasteiger partial charge in [-0.05, 0) is 25.2 Å². The Hall–Kier alpha value is -1.45. The van der Waals surface area contributed by atoms with Crippen molar-refractivity contribution in [3.05, 3.63) is 5.89 Å². The van der Waals surface area contributed by atoms with E-state index in [1.807, 2.05) is 13.8 Å². The monoisotopic (exact) mass is 438 g/mol. The third-order valence-corrected chi connectivity index (χ3v) is 6.47. The quantitative estimate of drug-likeness (QED) is 0.440. The second kappa shape index (κ2) is 11.8. The molecule has 0 spiro atoms. The predicted molar refractivity (Wildman–Crippen MR) is 115 cm³/mol. The number of nitrogens with zero attached hydrogens (tertiary/aromatic N) is 3. The third kappa shape index (κ3) is 7.06. The molecular weight excluding hydrogens is 404 g/mol. The number of thioether (sulfide) groups is 1. The molecular formula is C21H34N4O4S. The zero-order chi connectivity index (χ0) is 21.3. The van der Waals surface area contributed by atoms with Gasteiger partial charge in [-0.25, -0.2) is 0 Å². The van der Waals surface area contributed by atoms with Crippen LogP contribution in [0.2, 0.25) is 0 Å². The lowest BCUT2D eigenvalue weighted by molar-refractivity contribution is -0.126. The molecule has 1 unspecified atom stereocenters. The highest BCUT2D eigenvalue weighted by Gasteiger charge is 2.30. The van der Waals surface area contributed by atoms with Gasteiger partial charge in [0, 0.05) is 31.3 Å². The molecule has 0 aromatic carbocycles. The molecule has 1 atom stereocenters. The fourth-order valence-corrected chi connectivity index (χ4v) is 4.72. The van der Waals surface area contributed by atoms with Crippen LogP contribution in [0.1, 0.15) is 63.1 Å². The number of carbonyl (C=O) groups excluding carboxylic acids is 2. The Kier molecular flexibility index (Phi) is 9.14. The van der Waals surface area contributed by atoms with Gasteiger partial charge in [-0.3, -0.25) is 14.5 Å². The van der Waals surface area contributed by atoms with E-state index in [1.54, 1.807) is 0 Å². The second-order valence-corrected chi connectivity index (χ2v) is 9.61. The Morgan fingerprint density at radius 2 is 1.90 bits per heavy atom. The van der Waals surface area contributed by atoms with E-state index in [0.29, 0.717) is 11.6 Å². The van der Waals surface area contributed by atoms with E-state index < -0.39 is 6.04 Å². The van der Waals surface area contributed by atoms with Gasteiger partial charge < -0.3 is 14.5 Å². The summed E-state index contributed by atoms with van der Waals surface area (Å²) in [4.78, 5) is 28.0. The van der Waals surface area contributed by atoms with E-state index in [-0.39, 0.29) is 29.4 Å². The van der Waals surface area contributed by atoms with Crippen molar-refractivity contribution >= 4 is 23.5 Å². The van der Waals surface area contributed by atoms with Crippen LogP contribution in [0.3, 0.4) is 0 Å². The molecule has 9 heteroatoms. The summed E-state index contributed by atoms with van der Waals surface area (Å²) in [7, 11) is 0. The lowest BCUT2D eigenvalue weighted by Gasteiger charge is -2.25. The van der Waals surface area contributed by atoms with E-state index in [0.717, 1.165) is 64.3 Å². The molecule has 2 fully saturated rings. The molecule has 168 valence electrons. The average molecular weight is 439 g/mol. The van der Waals surface area contributed by atoms with Gasteiger partial charge in [-0.15, -0.1) is 10.2 Å². The highest BCUT2D eigenvalue weighted by atomic mass is 32.2. The maximum atomic E-state index is 13.0. The number of ketones is 1. The summed E-state index contributed by atoms with van der Waals surface area (Å²) < 4.78 is 11.0. The number of hydrogen-bond donors (Lipinski definition) is 1. The molecule has 1 aliphatic heterocycles. The lowest BCUT2D eigenvalue weighted by Crippen LogP contribution is -2.45. The molecule has 1 aromatic heterocycles. The van der Waals surface area contributed by atoms with Crippen molar-refractivity contribution in [3.63, 3.8) is 0 Å². The van der Waals surface area contributed by atoms with Crippen molar-refractivity contribution < 1.29 is 18.7 Å². The van der Waals surface area contributed by atoms with E-state index in [2.05, 4.69) is 20.4 Å². The summed E-state index contributed by atoms with van der Waals surface area (Å²) in [5.74, 6) is 0.752. The Bertz CT molecular complexity index is 684. The van der Waals surface area contributed by atoms with Crippen LogP contribution >= 0.6 is 11.8 Å². The molecule has 2 heterocycles. The molecule has 0 radical (unpaired) electrons. The highest BCUT2D eigenvalue weighted by Crippen LogP contribution is 2.24. The Morgan fingerprint density at radius 3 is 2.60 bits per heavy atom. The molecule has 0 bridgehead atoms. The van der Waals surface area contributed by atoms with Crippen LogP contribution < -0.4 is 5.32 Å². The number of ether oxygens (including phenoxy) is 1. The summed E-state index contributed by atoms with van der Waals surface area (Å²) in [6.07, 6.45) is 5.70. The van der Waals surface area contributed by atoms with Gasteiger partial charge in [0.15, 0.2) is 0 Å². The fourth-order valence-electron chi connectivity index (χ4n) is 3.96. The summed E-state index contributed by atoms with van der Waals surface area (Å²) in [5.41, 5.74) is 0. The van der Waals surface area contributed by atoms with Crippen molar-refractivity contribution in [3.8, 4) is 0 Å². The molecule has 1 amide bonds. The number of morpholine rings is 1. The van der Waals surface area contributed by atoms with E-state index >= 15 is 0 Å². The van der Waals surface area contributed by atoms with Gasteiger partial charge in [0.25, 0.3) is 11.1 Å². The normalized spacial score (nSPS) is 19.7. The summed E-state index contributed by atoms with van der Waals surface area (Å²) >= 11 is 1.45. The van der Waals surface area contributed by atoms with Crippen LogP contribution in [0.15, 0.2) is 9.64 Å². The topological polar surface area (TPSA) is 97.6 Å². The van der Waals surface area contributed by atoms with Crippen molar-refractivity contribution in [2.24, 2.45) is 11.8 Å². The first-order valence-corrected chi connectivity index (χ1v) is 12.1. The molecule has 8 nitrogen and oxygen atoms in total. The van der Waals surface area contributed by atoms with Crippen LogP contribution in [-0.4, -0.2) is 71.4 Å². The Morgan fingerprint density at radius 1 is 1.17 bits per heavy atom. The van der Waals surface area contributed by atoms with Crippen LogP contribution in [-0.2, 0) is 9.53 Å². The molecule has 1 aromatic rings. The molecule has 1 saturated heterocycles. The van der Waals surface area contributed by atoms with E-state index in [4.69, 9.17) is 9.15 Å². The van der Waals surface area contributed by atoms with E-state index in [1.165, 1.54) is 18.2 Å². The summed E-state index contributed by atoms with van der Waals surface area (Å²) in [6, 6.07) is -0.619. The molecule has 2 aliphatic rings. The van der Waals surface area contributed by atoms with Crippen molar-refractivity contribution in [1.29, 1.82) is 0 Å². The molecule has 30 heavy (non-hydrogen) atoms. The minimum Gasteiger partial charge on any atom is -0.408 e. The van der Waals surface area contributed by atoms with Crippen molar-refractivity contribution in [1.82, 2.24) is 20.4 Å². The van der Waals surface area contributed by atoms with E-state index in [9.17, 15) is 9.59 Å². The van der Waals surface area contributed by atoms with Gasteiger partial charge in [-0.1, -0.05) is 44.9 Å². The third-order valence-electron chi connectivity index (χ3n) is 5.67. The first-order valence-electron chi connectivity index (χ1n) is 11.1. The first-order chi connectivity index (χ1) is 14.5. The van der Waals surface area contributed by atoms with Gasteiger partial charge in [0.05, 0.1) is 19.3 Å². The zero-order valence-electron chi connectivity index (χ0n) is 18.1. The number of nitrogens with one attached hydrogen (secondary N) is 1. The number of amides is 1. The van der Waals surface area contributed by atoms with Gasteiger partial charge >= 0.3 is 0 Å². The number of carbonyl (C=O) groups is 2. The number of aromatic nitrogens is 2. The van der Waals surface area contributed by atoms with Crippen molar-refractivity contribution in [2.75, 3.05) is 38.6 Å². The highest BCUT2D eigenvalue weighted by molar-refractivity contribution is 7.99. The van der Waals surface area contributed by atoms with Crippen LogP contribution in [0.4, 0.5) is 0 Å². The minimum atomic E-state index is -0.619. The maximum absolute atomic E-state index is 13.0. The van der Waals surface area contributed by atoms with Crippen LogP contribution in [0.25, 0.3) is 0 Å². The van der Waals surface area contributed by atoms with Crippen LogP contribution in [0, 0.1) is 11.8 Å². The lowest BCUT2D eigenvalue weighted by atomic mass is 9.88. The van der Waals surface area contributed by atoms with Crippen molar-refractivity contribution in [2.45, 2.75) is 63.6 Å². The Balaban J connectivity index is 1.53. The standard InChI is InChI=1S/C21H34N4O4S/c1-15(2)14-17(22-19(27)16-6-4-3-5-7-16)18(26)20-23-24-21(29-20)30-13-10-25-8-11-28-12-9-25/h15-17H,3-14H2,1-2H3,(H,22,27). The largest absolute Gasteiger partial charge is 0.408 e. The fraction of sp³-hybridized carbons (Fsp3) is 0.810. The number of hydrogen-bond acceptors (Lipinski definition) is 8. The second-order valence-electron chi connectivity index (χ2n) is 8.57. The molecule has 1 N–H and O–H groups in total. The van der Waals surface area contributed by atoms with Gasteiger partial charge in [0.2, 0.25) is 11.7 Å². The minimum absolute atomic E-state index is 0.00945. The SMILES string of the molecule is CC(C)CC(NC(=O)C1CCCCC1)C(=O)c1nnc(SCCN2CCOCC2)o1. The van der Waals surface area contributed by atoms with Crippen LogP contribution in [0.5, 0.6) is 0 Å². The smallest absolute Gasteiger partial charge is 0.286 e. The maximum Gasteiger partial charge on any atom is 0.286 e. The number of rotatable bonds is 10. The van der Waals surface area contributed by atoms with Gasteiger partial charge in [0.1, 0.15) is 0 Å². The molecule has 3 rings (SSSR count). The molecule has 1 aliphatic carbocycles. The summed E-state index contributed by atoms with van der Waals surface area (Å²) in [5, 5.41) is 11.3. The average Bonchev–Trinajstić information content (AvgIpc) is 3.22. The first kappa shape index (κ1) is 23.2. The summed E-state index contributed by atoms with van der Waals surface area (Å²) in [6.45, 7) is 8.40.